The standard InChI is InChI=1S/C44H39N2O.C14H11N2.Ir/c1-25(2)33-13-10-14-34(26(3)4)41(33)38-22-39(46-24-28(38)7)36-20-19-35(27(5)6)42-37-18-17-32(23-45)40(44(37)47-43(36)42)31-16-15-29-11-8-9-12-30(29)21-31;1-15-11-16(12-7-3-2-4-8-12)14-10-6-5-9-13(14)15;/h8-19,21-22,24-27H,1-7H3;2-7,9-10H,1H3;/q2*-1;+3/i7D3;1D3;. The van der Waals surface area contributed by atoms with Crippen molar-refractivity contribution in [2.24, 2.45) is 6.98 Å². The number of aryl methyl sites for hydroxylation is 2. The van der Waals surface area contributed by atoms with Crippen molar-refractivity contribution in [2.75, 3.05) is 0 Å². The molecule has 0 saturated carbocycles. The number of rotatable bonds is 7. The minimum absolute atomic E-state index is 0. The van der Waals surface area contributed by atoms with Crippen LogP contribution in [0.3, 0.4) is 0 Å². The van der Waals surface area contributed by atoms with Gasteiger partial charge in [0.1, 0.15) is 5.58 Å². The molecular formula is C58H50IrN4O+. The van der Waals surface area contributed by atoms with Gasteiger partial charge >= 0.3 is 20.1 Å². The third-order valence-corrected chi connectivity index (χ3v) is 11.8. The summed E-state index contributed by atoms with van der Waals surface area (Å²) in [4.78, 5) is 4.79. The van der Waals surface area contributed by atoms with E-state index in [4.69, 9.17) is 17.6 Å². The third-order valence-electron chi connectivity index (χ3n) is 11.8. The van der Waals surface area contributed by atoms with Crippen molar-refractivity contribution >= 4 is 43.7 Å². The SMILES string of the molecule is [2H]C([2H])([2H])[n+]1[c-]n(-c2[c-]cccc2)c2ccccc21.[2H]C([2H])([2H])c1cnc(-c2[c-]cc(C(C)C)c3c2oc2c(-c4ccc5ccccc5c4)c(C#N)ccc23)cc1-c1c(C(C)C)cccc1C(C)C.[Ir+3]. The number of aromatic nitrogens is 3. The van der Waals surface area contributed by atoms with E-state index in [1.54, 1.807) is 16.7 Å². The van der Waals surface area contributed by atoms with E-state index in [1.807, 2.05) is 78.9 Å². The van der Waals surface area contributed by atoms with Gasteiger partial charge in [-0.2, -0.15) is 35.6 Å². The van der Waals surface area contributed by atoms with Crippen LogP contribution < -0.4 is 4.57 Å². The van der Waals surface area contributed by atoms with Crippen molar-refractivity contribution in [2.45, 2.75) is 66.1 Å². The Bertz CT molecular complexity index is 3570. The maximum atomic E-state index is 10.3. The molecule has 0 aliphatic carbocycles. The zero-order valence-corrected chi connectivity index (χ0v) is 38.9. The largest absolute Gasteiger partial charge is 3.00 e. The molecule has 5 nitrogen and oxygen atoms in total. The average molecular weight is 1020 g/mol. The number of nitrogens with zero attached hydrogens (tertiary/aromatic N) is 4. The molecule has 6 heteroatoms. The predicted molar refractivity (Wildman–Crippen MR) is 258 cm³/mol. The number of para-hydroxylation sites is 3. The molecule has 0 unspecified atom stereocenters. The molecule has 3 aromatic heterocycles. The molecule has 0 N–H and O–H groups in total. The molecule has 0 atom stereocenters. The monoisotopic (exact) mass is 1020 g/mol. The maximum absolute atomic E-state index is 10.3. The van der Waals surface area contributed by atoms with Gasteiger partial charge in [0.25, 0.3) is 0 Å². The number of nitriles is 1. The Morgan fingerprint density at radius 3 is 2.17 bits per heavy atom. The van der Waals surface area contributed by atoms with Gasteiger partial charge in [-0.3, -0.25) is 0 Å². The first-order chi connectivity index (χ1) is 33.0. The molecule has 0 radical (unpaired) electrons. The van der Waals surface area contributed by atoms with Crippen LogP contribution in [0.15, 0.2) is 144 Å². The van der Waals surface area contributed by atoms with Crippen LogP contribution in [0, 0.1) is 36.6 Å². The van der Waals surface area contributed by atoms with Gasteiger partial charge in [-0.05, 0) is 80.7 Å². The summed E-state index contributed by atoms with van der Waals surface area (Å²) >= 11 is 0. The van der Waals surface area contributed by atoms with E-state index in [0.717, 1.165) is 66.1 Å². The Morgan fingerprint density at radius 1 is 0.734 bits per heavy atom. The molecule has 0 spiro atoms. The van der Waals surface area contributed by atoms with Crippen LogP contribution in [0.4, 0.5) is 0 Å². The predicted octanol–water partition coefficient (Wildman–Crippen LogP) is 14.5. The van der Waals surface area contributed by atoms with Gasteiger partial charge in [-0.15, -0.1) is 17.7 Å². The van der Waals surface area contributed by atoms with Crippen LogP contribution in [0.1, 0.15) is 95.3 Å². The Balaban J connectivity index is 0.000000275. The fraction of sp³-hybridized carbons (Fsp3) is 0.190. The van der Waals surface area contributed by atoms with Crippen LogP contribution in [0.5, 0.6) is 0 Å². The van der Waals surface area contributed by atoms with E-state index in [-0.39, 0.29) is 43.4 Å². The van der Waals surface area contributed by atoms with Gasteiger partial charge in [0.05, 0.1) is 39.3 Å². The Morgan fingerprint density at radius 2 is 1.47 bits per heavy atom. The first-order valence-electron chi connectivity index (χ1n) is 24.4. The average Bonchev–Trinajstić information content (AvgIpc) is 3.93. The molecule has 0 fully saturated rings. The second-order valence-electron chi connectivity index (χ2n) is 16.9. The summed E-state index contributed by atoms with van der Waals surface area (Å²) < 4.78 is 58.0. The van der Waals surface area contributed by atoms with Crippen molar-refractivity contribution in [1.29, 1.82) is 5.26 Å². The molecular weight excluding hydrogens is 961 g/mol. The van der Waals surface area contributed by atoms with E-state index >= 15 is 0 Å². The van der Waals surface area contributed by atoms with Gasteiger partial charge in [-0.1, -0.05) is 155 Å². The first kappa shape index (κ1) is 36.8. The Labute approximate surface area is 398 Å². The number of pyridine rings is 1. The summed E-state index contributed by atoms with van der Waals surface area (Å²) in [5.74, 6) is 0.509. The Kier molecular flexibility index (Phi) is 10.5. The molecule has 0 bridgehead atoms. The van der Waals surface area contributed by atoms with Crippen molar-refractivity contribution in [3.8, 4) is 45.3 Å². The van der Waals surface area contributed by atoms with Gasteiger partial charge in [0, 0.05) is 21.3 Å². The molecule has 316 valence electrons. The van der Waals surface area contributed by atoms with Crippen LogP contribution in [-0.2, 0) is 27.1 Å². The van der Waals surface area contributed by atoms with Crippen molar-refractivity contribution in [1.82, 2.24) is 9.55 Å². The van der Waals surface area contributed by atoms with E-state index < -0.39 is 13.8 Å². The smallest absolute Gasteiger partial charge is 0.500 e. The summed E-state index contributed by atoms with van der Waals surface area (Å²) in [6.07, 6.45) is 4.39. The van der Waals surface area contributed by atoms with Crippen LogP contribution in [-0.4, -0.2) is 9.55 Å². The number of hydrogen-bond acceptors (Lipinski definition) is 3. The maximum Gasteiger partial charge on any atom is 3.00 e. The number of fused-ring (bicyclic) bond motifs is 5. The first-order valence-corrected chi connectivity index (χ1v) is 21.4. The second kappa shape index (κ2) is 18.2. The summed E-state index contributed by atoms with van der Waals surface area (Å²) in [5.41, 5.74) is 11.9. The van der Waals surface area contributed by atoms with Gasteiger partial charge in [0.15, 0.2) is 0 Å². The molecule has 10 rings (SSSR count). The molecule has 7 aromatic carbocycles. The molecule has 0 amide bonds. The van der Waals surface area contributed by atoms with Gasteiger partial charge in [0.2, 0.25) is 6.33 Å². The quantitative estimate of drug-likeness (QED) is 0.118. The Hall–Kier alpha value is -6.64. The topological polar surface area (TPSA) is 58.6 Å². The second-order valence-corrected chi connectivity index (χ2v) is 16.9. The summed E-state index contributed by atoms with van der Waals surface area (Å²) in [5, 5.41) is 14.4. The normalized spacial score (nSPS) is 13.2. The molecule has 0 aliphatic heterocycles. The minimum atomic E-state index is -2.37. The third kappa shape index (κ3) is 7.96. The van der Waals surface area contributed by atoms with Crippen LogP contribution >= 0.6 is 0 Å². The zero-order valence-electron chi connectivity index (χ0n) is 42.5. The number of hydrogen-bond donors (Lipinski definition) is 0. The fourth-order valence-corrected chi connectivity index (χ4v) is 8.70. The molecule has 3 heterocycles. The van der Waals surface area contributed by atoms with Crippen LogP contribution in [0.2, 0.25) is 0 Å². The molecule has 10 aromatic rings. The number of imidazole rings is 1. The van der Waals surface area contributed by atoms with Crippen molar-refractivity contribution in [3.05, 3.63) is 186 Å². The zero-order chi connectivity index (χ0) is 48.9. The molecule has 64 heavy (non-hydrogen) atoms. The van der Waals surface area contributed by atoms with Crippen molar-refractivity contribution < 1.29 is 37.3 Å². The minimum Gasteiger partial charge on any atom is -0.500 e. The van der Waals surface area contributed by atoms with Crippen molar-refractivity contribution in [3.63, 3.8) is 0 Å². The van der Waals surface area contributed by atoms with E-state index in [9.17, 15) is 5.26 Å². The van der Waals surface area contributed by atoms with E-state index in [1.165, 1.54) is 10.8 Å². The van der Waals surface area contributed by atoms with E-state index in [2.05, 4.69) is 109 Å². The summed E-state index contributed by atoms with van der Waals surface area (Å²) in [6, 6.07) is 52.1. The van der Waals surface area contributed by atoms with Gasteiger partial charge in [-0.25, -0.2) is 0 Å². The molecule has 0 saturated heterocycles. The number of benzene rings is 7. The summed E-state index contributed by atoms with van der Waals surface area (Å²) in [6.45, 7) is 8.22. The fourth-order valence-electron chi connectivity index (χ4n) is 8.70. The number of furan rings is 1. The van der Waals surface area contributed by atoms with Gasteiger partial charge < -0.3 is 18.5 Å². The van der Waals surface area contributed by atoms with Crippen LogP contribution in [0.25, 0.3) is 82.9 Å². The summed E-state index contributed by atoms with van der Waals surface area (Å²) in [7, 11) is 0. The molecule has 0 aliphatic rings. The van der Waals surface area contributed by atoms with E-state index in [0.29, 0.717) is 39.1 Å².